The number of thioether (sulfide) groups is 1. The first kappa shape index (κ1) is 21.1. The lowest BCUT2D eigenvalue weighted by Crippen LogP contribution is -2.41. The minimum Gasteiger partial charge on any atom is -0.354 e. The molecule has 5 nitrogen and oxygen atoms in total. The van der Waals surface area contributed by atoms with Crippen molar-refractivity contribution in [2.24, 2.45) is 0 Å². The normalized spacial score (nSPS) is 11.2. The van der Waals surface area contributed by atoms with Crippen LogP contribution >= 0.6 is 39.3 Å². The van der Waals surface area contributed by atoms with Crippen molar-refractivity contribution < 1.29 is 13.2 Å². The number of hydrogen-bond donors (Lipinski definition) is 1. The fourth-order valence-electron chi connectivity index (χ4n) is 2.08. The summed E-state index contributed by atoms with van der Waals surface area (Å²) in [6, 6.07) is 14.2. The zero-order chi connectivity index (χ0) is 19.2. The topological polar surface area (TPSA) is 66.5 Å². The van der Waals surface area contributed by atoms with E-state index in [1.165, 1.54) is 0 Å². The van der Waals surface area contributed by atoms with E-state index in [0.29, 0.717) is 23.0 Å². The second kappa shape index (κ2) is 9.64. The van der Waals surface area contributed by atoms with Crippen LogP contribution in [0.25, 0.3) is 0 Å². The summed E-state index contributed by atoms with van der Waals surface area (Å²) >= 11 is 10.7. The predicted molar refractivity (Wildman–Crippen MR) is 112 cm³/mol. The maximum atomic E-state index is 12.1. The minimum absolute atomic E-state index is 0.258. The van der Waals surface area contributed by atoms with Gasteiger partial charge in [-0.15, -0.1) is 11.8 Å². The molecule has 2 aromatic carbocycles. The quantitative estimate of drug-likeness (QED) is 0.464. The van der Waals surface area contributed by atoms with Gasteiger partial charge in [0.25, 0.3) is 0 Å². The van der Waals surface area contributed by atoms with Gasteiger partial charge in [0.15, 0.2) is 0 Å². The lowest BCUT2D eigenvalue weighted by molar-refractivity contribution is -0.119. The van der Waals surface area contributed by atoms with Crippen LogP contribution in [-0.2, 0) is 14.8 Å². The maximum Gasteiger partial charge on any atom is 0.240 e. The molecule has 0 bridgehead atoms. The van der Waals surface area contributed by atoms with Gasteiger partial charge in [0.05, 0.1) is 11.9 Å². The smallest absolute Gasteiger partial charge is 0.240 e. The number of carbonyl (C=O) groups excluding carboxylic acids is 1. The highest BCUT2D eigenvalue weighted by Crippen LogP contribution is 2.21. The Bertz CT molecular complexity index is 843. The van der Waals surface area contributed by atoms with Crippen LogP contribution in [0.5, 0.6) is 0 Å². The van der Waals surface area contributed by atoms with Crippen LogP contribution in [0.15, 0.2) is 57.9 Å². The summed E-state index contributed by atoms with van der Waals surface area (Å²) in [7, 11) is -3.56. The number of halogens is 2. The van der Waals surface area contributed by atoms with Crippen LogP contribution < -0.4 is 9.62 Å². The summed E-state index contributed by atoms with van der Waals surface area (Å²) in [5, 5.41) is 3.42. The average Bonchev–Trinajstić information content (AvgIpc) is 2.58. The lowest BCUT2D eigenvalue weighted by Gasteiger charge is -2.21. The molecule has 0 aromatic heterocycles. The zero-order valence-corrected chi connectivity index (χ0v) is 18.0. The average molecular weight is 478 g/mol. The largest absolute Gasteiger partial charge is 0.354 e. The van der Waals surface area contributed by atoms with Gasteiger partial charge in [-0.3, -0.25) is 9.10 Å². The van der Waals surface area contributed by atoms with Crippen molar-refractivity contribution in [3.8, 4) is 0 Å². The number of anilines is 1. The van der Waals surface area contributed by atoms with E-state index < -0.39 is 10.0 Å². The molecule has 0 heterocycles. The number of carbonyl (C=O) groups is 1. The molecule has 26 heavy (non-hydrogen) atoms. The molecule has 0 unspecified atom stereocenters. The first-order valence-electron chi connectivity index (χ1n) is 7.64. The molecular formula is C17H18BrClN2O3S2. The van der Waals surface area contributed by atoms with Gasteiger partial charge >= 0.3 is 0 Å². The Hall–Kier alpha value is -1.22. The van der Waals surface area contributed by atoms with Crippen LogP contribution in [0.2, 0.25) is 5.02 Å². The van der Waals surface area contributed by atoms with Crippen molar-refractivity contribution in [3.63, 3.8) is 0 Å². The second-order valence-electron chi connectivity index (χ2n) is 5.40. The summed E-state index contributed by atoms with van der Waals surface area (Å²) < 4.78 is 25.9. The molecule has 0 aliphatic rings. The maximum absolute atomic E-state index is 12.1. The van der Waals surface area contributed by atoms with Gasteiger partial charge in [-0.05, 0) is 48.5 Å². The molecule has 0 saturated carbocycles. The highest BCUT2D eigenvalue weighted by Gasteiger charge is 2.20. The van der Waals surface area contributed by atoms with Gasteiger partial charge < -0.3 is 5.32 Å². The Labute approximate surface area is 171 Å². The van der Waals surface area contributed by atoms with Crippen molar-refractivity contribution in [2.45, 2.75) is 4.90 Å². The number of nitrogens with one attached hydrogen (secondary N) is 1. The molecule has 2 aromatic rings. The molecule has 0 atom stereocenters. The van der Waals surface area contributed by atoms with Gasteiger partial charge in [0, 0.05) is 26.7 Å². The molecule has 9 heteroatoms. The molecule has 0 fully saturated rings. The van der Waals surface area contributed by atoms with E-state index in [0.717, 1.165) is 19.9 Å². The van der Waals surface area contributed by atoms with Crippen LogP contribution in [0.1, 0.15) is 0 Å². The van der Waals surface area contributed by atoms with Crippen molar-refractivity contribution in [1.82, 2.24) is 5.32 Å². The first-order chi connectivity index (χ1) is 12.3. The monoisotopic (exact) mass is 476 g/mol. The Morgan fingerprint density at radius 2 is 1.77 bits per heavy atom. The molecule has 2 rings (SSSR count). The summed E-state index contributed by atoms with van der Waals surface area (Å²) in [5.74, 6) is 0.319. The highest BCUT2D eigenvalue weighted by molar-refractivity contribution is 9.10. The van der Waals surface area contributed by atoms with Crippen molar-refractivity contribution in [3.05, 3.63) is 58.0 Å². The van der Waals surface area contributed by atoms with E-state index in [9.17, 15) is 13.2 Å². The first-order valence-corrected chi connectivity index (χ1v) is 11.6. The summed E-state index contributed by atoms with van der Waals surface area (Å²) in [6.45, 7) is 0.177. The number of nitrogens with zero attached hydrogens (tertiary/aromatic N) is 1. The van der Waals surface area contributed by atoms with E-state index >= 15 is 0 Å². The van der Waals surface area contributed by atoms with E-state index in [1.54, 1.807) is 36.0 Å². The number of sulfonamides is 1. The molecule has 1 N–H and O–H groups in total. The highest BCUT2D eigenvalue weighted by atomic mass is 79.9. The van der Waals surface area contributed by atoms with Crippen LogP contribution in [0, 0.1) is 0 Å². The number of amides is 1. The molecule has 140 valence electrons. The van der Waals surface area contributed by atoms with Gasteiger partial charge in [-0.25, -0.2) is 8.42 Å². The summed E-state index contributed by atoms with van der Waals surface area (Å²) in [5.41, 5.74) is 0.446. The molecule has 0 saturated heterocycles. The molecule has 0 spiro atoms. The SMILES string of the molecule is CS(=O)(=O)N(CC(=O)NCCSc1ccc(Cl)cc1)c1ccc(Br)cc1. The third-order valence-electron chi connectivity index (χ3n) is 3.31. The molecular weight excluding hydrogens is 460 g/mol. The third-order valence-corrected chi connectivity index (χ3v) is 6.24. The van der Waals surface area contributed by atoms with E-state index in [4.69, 9.17) is 11.6 Å². The number of hydrogen-bond acceptors (Lipinski definition) is 4. The standard InChI is InChI=1S/C17H18BrClN2O3S2/c1-26(23,24)21(15-6-2-13(18)3-7-15)12-17(22)20-10-11-25-16-8-4-14(19)5-9-16/h2-9H,10-12H2,1H3,(H,20,22). The minimum atomic E-state index is -3.56. The Morgan fingerprint density at radius 3 is 2.35 bits per heavy atom. The Morgan fingerprint density at radius 1 is 1.15 bits per heavy atom. The van der Waals surface area contributed by atoms with Crippen LogP contribution in [0.4, 0.5) is 5.69 Å². The Balaban J connectivity index is 1.87. The van der Waals surface area contributed by atoms with Gasteiger partial charge in [0.2, 0.25) is 15.9 Å². The van der Waals surface area contributed by atoms with Crippen molar-refractivity contribution in [1.29, 1.82) is 0 Å². The number of rotatable bonds is 8. The second-order valence-corrected chi connectivity index (χ2v) is 9.83. The molecule has 0 aliphatic carbocycles. The van der Waals surface area contributed by atoms with E-state index in [2.05, 4.69) is 21.2 Å². The fraction of sp³-hybridized carbons (Fsp3) is 0.235. The van der Waals surface area contributed by atoms with Crippen LogP contribution in [0.3, 0.4) is 0 Å². The summed E-state index contributed by atoms with van der Waals surface area (Å²) in [4.78, 5) is 13.2. The fourth-order valence-corrected chi connectivity index (χ4v) is 4.10. The lowest BCUT2D eigenvalue weighted by atomic mass is 10.3. The van der Waals surface area contributed by atoms with Crippen molar-refractivity contribution in [2.75, 3.05) is 29.4 Å². The van der Waals surface area contributed by atoms with Gasteiger partial charge in [-0.1, -0.05) is 27.5 Å². The predicted octanol–water partition coefficient (Wildman–Crippen LogP) is 3.78. The van der Waals surface area contributed by atoms with Crippen LogP contribution in [-0.4, -0.2) is 39.4 Å². The zero-order valence-electron chi connectivity index (χ0n) is 14.0. The third kappa shape index (κ3) is 6.83. The summed E-state index contributed by atoms with van der Waals surface area (Å²) in [6.07, 6.45) is 1.08. The molecule has 0 radical (unpaired) electrons. The van der Waals surface area contributed by atoms with E-state index in [-0.39, 0.29) is 12.5 Å². The number of benzene rings is 2. The molecule has 0 aliphatic heterocycles. The van der Waals surface area contributed by atoms with Gasteiger partial charge in [-0.2, -0.15) is 0 Å². The molecule has 1 amide bonds. The van der Waals surface area contributed by atoms with Crippen molar-refractivity contribution >= 4 is 60.9 Å². The van der Waals surface area contributed by atoms with E-state index in [1.807, 2.05) is 24.3 Å². The van der Waals surface area contributed by atoms with Gasteiger partial charge in [0.1, 0.15) is 6.54 Å². The Kier molecular flexibility index (Phi) is 7.82.